The number of thiophene rings is 1. The summed E-state index contributed by atoms with van der Waals surface area (Å²) in [6.07, 6.45) is 1.70. The molecule has 0 aromatic carbocycles. The van der Waals surface area contributed by atoms with Crippen molar-refractivity contribution in [2.45, 2.75) is 4.90 Å². The molecule has 162 valence electrons. The summed E-state index contributed by atoms with van der Waals surface area (Å²) >= 11 is 1.07. The number of ether oxygens (including phenoxy) is 2. The number of aromatic nitrogens is 2. The molecule has 12 heteroatoms. The molecule has 30 heavy (non-hydrogen) atoms. The van der Waals surface area contributed by atoms with E-state index in [0.29, 0.717) is 39.4 Å². The van der Waals surface area contributed by atoms with Crippen LogP contribution in [0.3, 0.4) is 0 Å². The SMILES string of the molecule is COC(=O)c1sccc1S(=O)(=O)N1CCN(c2cnnc(N3CCOCC3)c2)CC1. The number of carbonyl (C=O) groups is 1. The van der Waals surface area contributed by atoms with Gasteiger partial charge in [-0.25, -0.2) is 13.2 Å². The van der Waals surface area contributed by atoms with Crippen LogP contribution in [0.15, 0.2) is 28.6 Å². The fraction of sp³-hybridized carbons (Fsp3) is 0.500. The molecule has 2 aliphatic rings. The van der Waals surface area contributed by atoms with Gasteiger partial charge >= 0.3 is 5.97 Å². The summed E-state index contributed by atoms with van der Waals surface area (Å²) in [4.78, 5) is 16.2. The van der Waals surface area contributed by atoms with Gasteiger partial charge in [0.1, 0.15) is 9.77 Å². The number of morpholine rings is 1. The zero-order valence-corrected chi connectivity index (χ0v) is 18.2. The molecule has 0 spiro atoms. The number of hydrogen-bond acceptors (Lipinski definition) is 10. The molecule has 10 nitrogen and oxygen atoms in total. The van der Waals surface area contributed by atoms with Gasteiger partial charge in [-0.2, -0.15) is 9.40 Å². The molecule has 0 unspecified atom stereocenters. The number of nitrogens with zero attached hydrogens (tertiary/aromatic N) is 5. The molecule has 0 aliphatic carbocycles. The topological polar surface area (TPSA) is 105 Å². The Bertz CT molecular complexity index is 998. The van der Waals surface area contributed by atoms with Gasteiger partial charge in [0.2, 0.25) is 10.0 Å². The Morgan fingerprint density at radius 3 is 2.57 bits per heavy atom. The van der Waals surface area contributed by atoms with E-state index in [0.717, 1.165) is 35.9 Å². The van der Waals surface area contributed by atoms with E-state index in [2.05, 4.69) is 20.0 Å². The first-order valence-corrected chi connectivity index (χ1v) is 11.9. The van der Waals surface area contributed by atoms with E-state index < -0.39 is 16.0 Å². The van der Waals surface area contributed by atoms with Crippen molar-refractivity contribution in [3.05, 3.63) is 28.6 Å². The van der Waals surface area contributed by atoms with Crippen molar-refractivity contribution in [1.82, 2.24) is 14.5 Å². The molecule has 0 saturated carbocycles. The standard InChI is InChI=1S/C18H23N5O5S2/c1-27-18(24)17-15(2-11-29-17)30(25,26)23-5-3-21(4-6-23)14-12-16(20-19-13-14)22-7-9-28-10-8-22/h2,11-13H,3-10H2,1H3. The van der Waals surface area contributed by atoms with Crippen molar-refractivity contribution in [3.8, 4) is 0 Å². The molecule has 0 radical (unpaired) electrons. The fourth-order valence-electron chi connectivity index (χ4n) is 3.53. The predicted octanol–water partition coefficient (Wildman–Crippen LogP) is 0.672. The van der Waals surface area contributed by atoms with E-state index in [1.54, 1.807) is 11.6 Å². The minimum absolute atomic E-state index is 0.00739. The Kier molecular flexibility index (Phi) is 6.18. The number of anilines is 2. The first-order valence-electron chi connectivity index (χ1n) is 9.57. The fourth-order valence-corrected chi connectivity index (χ4v) is 6.26. The van der Waals surface area contributed by atoms with Gasteiger partial charge in [-0.1, -0.05) is 0 Å². The number of carbonyl (C=O) groups excluding carboxylic acids is 1. The molecule has 0 atom stereocenters. The largest absolute Gasteiger partial charge is 0.465 e. The third-order valence-electron chi connectivity index (χ3n) is 5.18. The lowest BCUT2D eigenvalue weighted by molar-refractivity contribution is 0.0602. The molecule has 4 heterocycles. The second-order valence-corrected chi connectivity index (χ2v) is 9.69. The molecule has 2 saturated heterocycles. The molecule has 0 amide bonds. The number of esters is 1. The van der Waals surface area contributed by atoms with E-state index in [1.165, 1.54) is 17.5 Å². The first-order chi connectivity index (χ1) is 14.5. The van der Waals surface area contributed by atoms with E-state index in [1.807, 2.05) is 6.07 Å². The van der Waals surface area contributed by atoms with Crippen molar-refractivity contribution in [3.63, 3.8) is 0 Å². The highest BCUT2D eigenvalue weighted by molar-refractivity contribution is 7.89. The van der Waals surface area contributed by atoms with Crippen LogP contribution in [0.1, 0.15) is 9.67 Å². The monoisotopic (exact) mass is 453 g/mol. The molecule has 2 aromatic rings. The lowest BCUT2D eigenvalue weighted by atomic mass is 10.3. The molecular weight excluding hydrogens is 430 g/mol. The van der Waals surface area contributed by atoms with Crippen LogP contribution in [-0.2, 0) is 19.5 Å². The van der Waals surface area contributed by atoms with Gasteiger partial charge in [0, 0.05) is 45.3 Å². The van der Waals surface area contributed by atoms with Gasteiger partial charge in [0.25, 0.3) is 0 Å². The maximum Gasteiger partial charge on any atom is 0.349 e. The second-order valence-electron chi connectivity index (χ2n) is 6.87. The van der Waals surface area contributed by atoms with E-state index >= 15 is 0 Å². The molecule has 2 aliphatic heterocycles. The first kappa shape index (κ1) is 21.0. The second kappa shape index (κ2) is 8.84. The number of hydrogen-bond donors (Lipinski definition) is 0. The quantitative estimate of drug-likeness (QED) is 0.604. The normalized spacial score (nSPS) is 18.4. The minimum Gasteiger partial charge on any atom is -0.465 e. The Morgan fingerprint density at radius 1 is 1.13 bits per heavy atom. The number of sulfonamides is 1. The predicted molar refractivity (Wildman–Crippen MR) is 112 cm³/mol. The summed E-state index contributed by atoms with van der Waals surface area (Å²) in [6.45, 7) is 4.54. The van der Waals surface area contributed by atoms with Crippen LogP contribution in [0.25, 0.3) is 0 Å². The average Bonchev–Trinajstić information content (AvgIpc) is 3.30. The van der Waals surface area contributed by atoms with Crippen LogP contribution in [0.5, 0.6) is 0 Å². The maximum absolute atomic E-state index is 13.1. The molecule has 0 bridgehead atoms. The highest BCUT2D eigenvalue weighted by atomic mass is 32.2. The number of rotatable bonds is 5. The Morgan fingerprint density at radius 2 is 1.87 bits per heavy atom. The molecule has 2 fully saturated rings. The zero-order valence-electron chi connectivity index (χ0n) is 16.6. The van der Waals surface area contributed by atoms with Crippen LogP contribution < -0.4 is 9.80 Å². The minimum atomic E-state index is -3.77. The van der Waals surface area contributed by atoms with Crippen LogP contribution in [-0.4, -0.2) is 88.5 Å². The zero-order chi connectivity index (χ0) is 21.1. The van der Waals surface area contributed by atoms with Gasteiger partial charge in [0.15, 0.2) is 5.82 Å². The average molecular weight is 454 g/mol. The van der Waals surface area contributed by atoms with Gasteiger partial charge < -0.3 is 19.3 Å². The Hall–Kier alpha value is -2.28. The van der Waals surface area contributed by atoms with Gasteiger partial charge in [-0.3, -0.25) is 0 Å². The van der Waals surface area contributed by atoms with Crippen molar-refractivity contribution >= 4 is 38.8 Å². The Labute approximate surface area is 179 Å². The third-order valence-corrected chi connectivity index (χ3v) is 8.15. The number of methoxy groups -OCH3 is 1. The van der Waals surface area contributed by atoms with Crippen molar-refractivity contribution < 1.29 is 22.7 Å². The lowest BCUT2D eigenvalue weighted by Gasteiger charge is -2.35. The van der Waals surface area contributed by atoms with Gasteiger partial charge in [-0.15, -0.1) is 16.4 Å². The summed E-state index contributed by atoms with van der Waals surface area (Å²) in [5.41, 5.74) is 0.911. The van der Waals surface area contributed by atoms with Crippen LogP contribution in [0.4, 0.5) is 11.5 Å². The van der Waals surface area contributed by atoms with Crippen LogP contribution >= 0.6 is 11.3 Å². The Balaban J connectivity index is 1.45. The molecule has 2 aromatic heterocycles. The van der Waals surface area contributed by atoms with E-state index in [4.69, 9.17) is 9.47 Å². The van der Waals surface area contributed by atoms with Crippen molar-refractivity contribution in [2.75, 3.05) is 69.4 Å². The summed E-state index contributed by atoms with van der Waals surface area (Å²) in [6, 6.07) is 3.44. The molecule has 4 rings (SSSR count). The highest BCUT2D eigenvalue weighted by Gasteiger charge is 2.33. The van der Waals surface area contributed by atoms with E-state index in [-0.39, 0.29) is 9.77 Å². The summed E-state index contributed by atoms with van der Waals surface area (Å²) in [5.74, 6) is 0.160. The lowest BCUT2D eigenvalue weighted by Crippen LogP contribution is -2.49. The van der Waals surface area contributed by atoms with Crippen LogP contribution in [0, 0.1) is 0 Å². The van der Waals surface area contributed by atoms with Crippen molar-refractivity contribution in [1.29, 1.82) is 0 Å². The van der Waals surface area contributed by atoms with Gasteiger partial charge in [-0.05, 0) is 11.4 Å². The summed E-state index contributed by atoms with van der Waals surface area (Å²) in [7, 11) is -2.53. The van der Waals surface area contributed by atoms with Crippen molar-refractivity contribution in [2.24, 2.45) is 0 Å². The van der Waals surface area contributed by atoms with Crippen LogP contribution in [0.2, 0.25) is 0 Å². The summed E-state index contributed by atoms with van der Waals surface area (Å²) < 4.78 is 37.6. The highest BCUT2D eigenvalue weighted by Crippen LogP contribution is 2.28. The van der Waals surface area contributed by atoms with Gasteiger partial charge in [0.05, 0.1) is 32.2 Å². The summed E-state index contributed by atoms with van der Waals surface area (Å²) in [5, 5.41) is 9.94. The number of piperazine rings is 1. The molecular formula is C18H23N5O5S2. The molecule has 0 N–H and O–H groups in total. The smallest absolute Gasteiger partial charge is 0.349 e. The third kappa shape index (κ3) is 4.13. The maximum atomic E-state index is 13.1. The van der Waals surface area contributed by atoms with E-state index in [9.17, 15) is 13.2 Å².